The SMILES string of the molecule is CC[C@H]1OC(=O)C[C@@H](O)[C@H](C)[C@@H](O[C@H]2O[C@@H](C)[C@H](OC(C)=O)[C@@H](N(C)C(C)=O)[C@@H]2OC(C)=O)[C@@H](CC(OC)OC)C[C@@H](C)C(=O)/C=C/C(C)=C/[C@@H]1CO[C@@H]1O[C@H](C)[C@@H](O)[C@@H](OC)[C@H]1OC. The van der Waals surface area contributed by atoms with Crippen LogP contribution in [0.15, 0.2) is 23.8 Å². The maximum atomic E-state index is 14.0. The molecule has 2 N–H and O–H groups in total. The van der Waals surface area contributed by atoms with Gasteiger partial charge in [-0.05, 0) is 45.6 Å². The third kappa shape index (κ3) is 15.3. The van der Waals surface area contributed by atoms with E-state index in [1.807, 2.05) is 13.0 Å². The maximum absolute atomic E-state index is 14.0. The van der Waals surface area contributed by atoms with E-state index in [2.05, 4.69) is 0 Å². The molecule has 0 aromatic carbocycles. The largest absolute Gasteiger partial charge is 0.462 e. The Balaban J connectivity index is 2.13. The van der Waals surface area contributed by atoms with Crippen LogP contribution in [-0.2, 0) is 76.1 Å². The maximum Gasteiger partial charge on any atom is 0.308 e. The van der Waals surface area contributed by atoms with Crippen LogP contribution in [0.3, 0.4) is 0 Å². The highest BCUT2D eigenvalue weighted by Gasteiger charge is 2.53. The lowest BCUT2D eigenvalue weighted by atomic mass is 9.79. The molecule has 0 aromatic rings. The number of allylic oxidation sites excluding steroid dienone is 3. The molecule has 0 saturated carbocycles. The molecule has 3 rings (SSSR count). The summed E-state index contributed by atoms with van der Waals surface area (Å²) in [4.78, 5) is 67.1. The number of aliphatic hydroxyl groups is 2. The monoisotopic (exact) mass is 929 g/mol. The van der Waals surface area contributed by atoms with Gasteiger partial charge in [-0.1, -0.05) is 38.5 Å². The van der Waals surface area contributed by atoms with Crippen LogP contribution in [0, 0.1) is 23.7 Å². The third-order valence-electron chi connectivity index (χ3n) is 12.6. The molecule has 0 radical (unpaired) electrons. The van der Waals surface area contributed by atoms with Gasteiger partial charge in [-0.3, -0.25) is 24.0 Å². The molecule has 1 amide bonds. The van der Waals surface area contributed by atoms with E-state index < -0.39 is 140 Å². The number of amides is 1. The van der Waals surface area contributed by atoms with Crippen molar-refractivity contribution >= 4 is 29.6 Å². The Morgan fingerprint density at radius 1 is 0.831 bits per heavy atom. The number of hydrogen-bond donors (Lipinski definition) is 2. The molecule has 2 fully saturated rings. The van der Waals surface area contributed by atoms with Crippen molar-refractivity contribution in [2.45, 2.75) is 174 Å². The first-order valence-corrected chi connectivity index (χ1v) is 22.3. The Morgan fingerprint density at radius 3 is 1.98 bits per heavy atom. The number of methoxy groups -OCH3 is 4. The average Bonchev–Trinajstić information content (AvgIpc) is 3.24. The summed E-state index contributed by atoms with van der Waals surface area (Å²) < 4.78 is 65.4. The number of carbonyl (C=O) groups excluding carboxylic acids is 5. The molecule has 0 unspecified atom stereocenters. The topological polar surface area (TPSA) is 231 Å². The van der Waals surface area contributed by atoms with Gasteiger partial charge in [0.25, 0.3) is 0 Å². The molecular weight excluding hydrogens is 854 g/mol. The highest BCUT2D eigenvalue weighted by molar-refractivity contribution is 5.91. The summed E-state index contributed by atoms with van der Waals surface area (Å²) >= 11 is 0. The summed E-state index contributed by atoms with van der Waals surface area (Å²) in [5, 5.41) is 22.7. The Bertz CT molecular complexity index is 1620. The zero-order valence-corrected chi connectivity index (χ0v) is 40.5. The van der Waals surface area contributed by atoms with Gasteiger partial charge in [0.05, 0.1) is 37.4 Å². The number of cyclic esters (lactones) is 1. The second kappa shape index (κ2) is 26.2. The lowest BCUT2D eigenvalue weighted by Crippen LogP contribution is -2.66. The molecule has 19 nitrogen and oxygen atoms in total. The first-order chi connectivity index (χ1) is 30.6. The molecule has 372 valence electrons. The molecule has 0 aromatic heterocycles. The molecule has 17 atom stereocenters. The quantitative estimate of drug-likeness (QED) is 0.137. The van der Waals surface area contributed by atoms with Gasteiger partial charge in [0.2, 0.25) is 5.91 Å². The molecule has 0 bridgehead atoms. The third-order valence-corrected chi connectivity index (χ3v) is 12.6. The minimum atomic E-state index is -1.42. The van der Waals surface area contributed by atoms with Gasteiger partial charge >= 0.3 is 17.9 Å². The van der Waals surface area contributed by atoms with E-state index in [1.165, 1.54) is 67.2 Å². The summed E-state index contributed by atoms with van der Waals surface area (Å²) in [5.74, 6) is -5.51. The molecular formula is C46H75NO18. The first kappa shape index (κ1) is 56.0. The lowest BCUT2D eigenvalue weighted by molar-refractivity contribution is -0.309. The molecule has 19 heteroatoms. The normalized spacial score (nSPS) is 38.0. The number of nitrogens with zero attached hydrogens (tertiary/aromatic N) is 1. The van der Waals surface area contributed by atoms with Crippen LogP contribution in [-0.4, -0.2) is 173 Å². The van der Waals surface area contributed by atoms with Crippen molar-refractivity contribution in [2.75, 3.05) is 42.1 Å². The number of ether oxygens (including phenoxy) is 11. The number of ketones is 1. The van der Waals surface area contributed by atoms with Crippen molar-refractivity contribution < 1.29 is 86.3 Å². The van der Waals surface area contributed by atoms with Crippen molar-refractivity contribution in [1.29, 1.82) is 0 Å². The minimum Gasteiger partial charge on any atom is -0.462 e. The number of carbonyl (C=O) groups is 5. The van der Waals surface area contributed by atoms with Crippen LogP contribution in [0.2, 0.25) is 0 Å². The highest BCUT2D eigenvalue weighted by atomic mass is 16.7. The van der Waals surface area contributed by atoms with E-state index in [9.17, 15) is 34.2 Å². The van der Waals surface area contributed by atoms with E-state index in [-0.39, 0.29) is 25.2 Å². The van der Waals surface area contributed by atoms with E-state index in [0.717, 1.165) is 0 Å². The lowest BCUT2D eigenvalue weighted by Gasteiger charge is -2.49. The first-order valence-electron chi connectivity index (χ1n) is 22.3. The van der Waals surface area contributed by atoms with Crippen LogP contribution >= 0.6 is 0 Å². The van der Waals surface area contributed by atoms with Crippen LogP contribution in [0.1, 0.15) is 88.0 Å². The fourth-order valence-electron chi connectivity index (χ4n) is 8.86. The van der Waals surface area contributed by atoms with Crippen molar-refractivity contribution in [1.82, 2.24) is 4.90 Å². The number of hydrogen-bond acceptors (Lipinski definition) is 18. The fourth-order valence-corrected chi connectivity index (χ4v) is 8.86. The molecule has 3 heterocycles. The second-order valence-electron chi connectivity index (χ2n) is 17.4. The number of aliphatic hydroxyl groups excluding tert-OH is 2. The van der Waals surface area contributed by atoms with E-state index >= 15 is 0 Å². The summed E-state index contributed by atoms with van der Waals surface area (Å²) in [6.45, 7) is 14.1. The van der Waals surface area contributed by atoms with Crippen molar-refractivity contribution in [3.8, 4) is 0 Å². The summed E-state index contributed by atoms with van der Waals surface area (Å²) in [5.41, 5.74) is 0.676. The molecule has 65 heavy (non-hydrogen) atoms. The van der Waals surface area contributed by atoms with Crippen molar-refractivity contribution in [3.05, 3.63) is 23.8 Å². The number of likely N-dealkylation sites (N-methyl/N-ethyl adjacent to an activating group) is 1. The fraction of sp³-hybridized carbons (Fsp3) is 0.804. The van der Waals surface area contributed by atoms with Gasteiger partial charge < -0.3 is 67.2 Å². The predicted molar refractivity (Wildman–Crippen MR) is 231 cm³/mol. The highest BCUT2D eigenvalue weighted by Crippen LogP contribution is 2.37. The summed E-state index contributed by atoms with van der Waals surface area (Å²) in [7, 11) is 7.31. The average molecular weight is 930 g/mol. The van der Waals surface area contributed by atoms with E-state index in [1.54, 1.807) is 40.7 Å². The minimum absolute atomic E-state index is 0.0246. The number of rotatable bonds is 15. The molecule has 2 saturated heterocycles. The van der Waals surface area contributed by atoms with Crippen LogP contribution in [0.4, 0.5) is 0 Å². The molecule has 0 aliphatic carbocycles. The zero-order chi connectivity index (χ0) is 48.9. The van der Waals surface area contributed by atoms with Gasteiger partial charge in [0.1, 0.15) is 30.5 Å². The van der Waals surface area contributed by atoms with Gasteiger partial charge in [-0.25, -0.2) is 0 Å². The standard InChI is InChI=1S/C46H75NO18/c1-15-35-32(22-59-45-44(58-14)43(57-13)39(54)26(5)60-45)18-23(2)16-17-33(51)24(3)19-31(20-37(55-11)56-12)40(25(4)34(52)21-36(53)64-35)65-46-42(63-30(9)50)38(47(10)28(7)48)41(27(6)61-46)62-29(8)49/h16-18,24-27,31-32,34-35,37-46,52,54H,15,19-22H2,1-14H3/b17-16+,23-18+/t24-,25+,26-,27+,31-,32-,34-,35-,38-,39-,40-,41+,42+,43-,44-,45-,46-/m1/s1. The Kier molecular flexibility index (Phi) is 22.6. The zero-order valence-electron chi connectivity index (χ0n) is 40.5. The van der Waals surface area contributed by atoms with Crippen molar-refractivity contribution in [3.63, 3.8) is 0 Å². The molecule has 3 aliphatic rings. The van der Waals surface area contributed by atoms with Crippen LogP contribution < -0.4 is 0 Å². The Hall–Kier alpha value is -3.37. The van der Waals surface area contributed by atoms with E-state index in [0.29, 0.717) is 12.0 Å². The van der Waals surface area contributed by atoms with E-state index in [4.69, 9.17) is 52.1 Å². The molecule has 3 aliphatic heterocycles. The smallest absolute Gasteiger partial charge is 0.308 e. The Labute approximate surface area is 383 Å². The Morgan fingerprint density at radius 2 is 1.43 bits per heavy atom. The van der Waals surface area contributed by atoms with Gasteiger partial charge in [0, 0.05) is 80.4 Å². The van der Waals surface area contributed by atoms with Gasteiger partial charge in [0.15, 0.2) is 36.9 Å². The summed E-state index contributed by atoms with van der Waals surface area (Å²) in [6, 6.07) is -1.08. The summed E-state index contributed by atoms with van der Waals surface area (Å²) in [6.07, 6.45) is -7.73. The molecule has 0 spiro atoms. The van der Waals surface area contributed by atoms with Gasteiger partial charge in [-0.2, -0.15) is 0 Å². The second-order valence-corrected chi connectivity index (χ2v) is 17.4. The van der Waals surface area contributed by atoms with Crippen LogP contribution in [0.25, 0.3) is 0 Å². The van der Waals surface area contributed by atoms with Gasteiger partial charge in [-0.15, -0.1) is 0 Å². The van der Waals surface area contributed by atoms with Crippen molar-refractivity contribution in [2.24, 2.45) is 23.7 Å². The van der Waals surface area contributed by atoms with Crippen LogP contribution in [0.5, 0.6) is 0 Å². The number of esters is 3. The predicted octanol–water partition coefficient (Wildman–Crippen LogP) is 3.04.